The summed E-state index contributed by atoms with van der Waals surface area (Å²) in [6.45, 7) is 5.57. The van der Waals surface area contributed by atoms with Crippen molar-refractivity contribution in [3.05, 3.63) is 23.2 Å². The van der Waals surface area contributed by atoms with Crippen LogP contribution in [0, 0.1) is 13.8 Å². The van der Waals surface area contributed by atoms with Gasteiger partial charge in [0.05, 0.1) is 5.71 Å². The van der Waals surface area contributed by atoms with Crippen LogP contribution in [0.25, 0.3) is 0 Å². The first-order valence-electron chi connectivity index (χ1n) is 4.21. The Labute approximate surface area is 82.5 Å². The second-order valence-electron chi connectivity index (χ2n) is 3.04. The van der Waals surface area contributed by atoms with Gasteiger partial charge >= 0.3 is 0 Å². The van der Waals surface area contributed by atoms with E-state index in [2.05, 4.69) is 10.2 Å². The fourth-order valence-corrected chi connectivity index (χ4v) is 1.18. The number of nitrogens with two attached hydrogens (primary N) is 2. The molecule has 0 amide bonds. The first kappa shape index (κ1) is 10.3. The Morgan fingerprint density at radius 3 is 2.36 bits per heavy atom. The van der Waals surface area contributed by atoms with Crippen molar-refractivity contribution in [3.8, 4) is 0 Å². The fraction of sp³-hybridized carbons (Fsp3) is 0.333. The summed E-state index contributed by atoms with van der Waals surface area (Å²) in [7, 11) is 0. The summed E-state index contributed by atoms with van der Waals surface area (Å²) in [5.41, 5.74) is 12.0. The summed E-state index contributed by atoms with van der Waals surface area (Å²) in [4.78, 5) is 0. The third-order valence-electron chi connectivity index (χ3n) is 1.75. The Morgan fingerprint density at radius 2 is 1.93 bits per heavy atom. The molecule has 1 heterocycles. The molecule has 0 aliphatic rings. The number of hydrogen-bond acceptors (Lipinski definition) is 3. The molecule has 0 aliphatic heterocycles. The highest BCUT2D eigenvalue weighted by Gasteiger charge is 2.06. The molecule has 0 atom stereocenters. The zero-order chi connectivity index (χ0) is 10.7. The van der Waals surface area contributed by atoms with Crippen LogP contribution in [0.1, 0.15) is 24.0 Å². The highest BCUT2D eigenvalue weighted by molar-refractivity contribution is 5.99. The van der Waals surface area contributed by atoms with E-state index in [1.807, 2.05) is 26.8 Å². The zero-order valence-corrected chi connectivity index (χ0v) is 8.53. The molecule has 5 nitrogen and oxygen atoms in total. The maximum atomic E-state index is 5.35. The first-order valence-corrected chi connectivity index (χ1v) is 4.21. The van der Waals surface area contributed by atoms with Gasteiger partial charge in [-0.25, -0.2) is 0 Å². The van der Waals surface area contributed by atoms with Crippen molar-refractivity contribution in [2.45, 2.75) is 20.8 Å². The molecule has 1 aromatic heterocycles. The number of nitrogens with zero attached hydrogens (tertiary/aromatic N) is 2. The van der Waals surface area contributed by atoms with Crippen molar-refractivity contribution in [2.24, 2.45) is 21.7 Å². The molecule has 0 bridgehead atoms. The second kappa shape index (κ2) is 3.95. The molecule has 0 fully saturated rings. The minimum absolute atomic E-state index is 0.0535. The van der Waals surface area contributed by atoms with Crippen molar-refractivity contribution in [3.63, 3.8) is 0 Å². The van der Waals surface area contributed by atoms with E-state index >= 15 is 0 Å². The second-order valence-corrected chi connectivity index (χ2v) is 3.04. The Kier molecular flexibility index (Phi) is 2.91. The van der Waals surface area contributed by atoms with Gasteiger partial charge in [-0.3, -0.25) is 0 Å². The van der Waals surface area contributed by atoms with Crippen LogP contribution >= 0.6 is 0 Å². The number of aryl methyl sites for hydroxylation is 2. The van der Waals surface area contributed by atoms with Gasteiger partial charge in [-0.1, -0.05) is 0 Å². The smallest absolute Gasteiger partial charge is 0.211 e. The molecule has 0 aliphatic carbocycles. The molecule has 1 rings (SSSR count). The molecule has 14 heavy (non-hydrogen) atoms. The van der Waals surface area contributed by atoms with E-state index in [-0.39, 0.29) is 5.96 Å². The monoisotopic (exact) mass is 194 g/mol. The van der Waals surface area contributed by atoms with Crippen molar-refractivity contribution >= 4 is 11.7 Å². The highest BCUT2D eigenvalue weighted by Crippen LogP contribution is 2.14. The minimum Gasteiger partial charge on any atom is -0.466 e. The Bertz CT molecular complexity index is 386. The van der Waals surface area contributed by atoms with E-state index in [4.69, 9.17) is 15.9 Å². The summed E-state index contributed by atoms with van der Waals surface area (Å²) >= 11 is 0. The van der Waals surface area contributed by atoms with Gasteiger partial charge in [0.2, 0.25) is 5.96 Å². The van der Waals surface area contributed by atoms with Crippen LogP contribution in [0.4, 0.5) is 0 Å². The van der Waals surface area contributed by atoms with Crippen LogP contribution < -0.4 is 11.5 Å². The molecule has 0 saturated carbocycles. The molecule has 0 radical (unpaired) electrons. The molecular weight excluding hydrogens is 180 g/mol. The SMILES string of the molecule is C/C(=N/N=C(N)N)c1cc(C)oc1C. The normalized spacial score (nSPS) is 11.5. The van der Waals surface area contributed by atoms with Crippen LogP contribution in [0.2, 0.25) is 0 Å². The van der Waals surface area contributed by atoms with Gasteiger partial charge in [0.1, 0.15) is 11.5 Å². The number of guanidine groups is 1. The average Bonchev–Trinajstić information content (AvgIpc) is 2.41. The van der Waals surface area contributed by atoms with Crippen LogP contribution in [0.15, 0.2) is 20.7 Å². The van der Waals surface area contributed by atoms with Gasteiger partial charge in [-0.15, -0.1) is 5.10 Å². The third kappa shape index (κ3) is 2.35. The van der Waals surface area contributed by atoms with Gasteiger partial charge in [-0.2, -0.15) is 5.10 Å². The van der Waals surface area contributed by atoms with E-state index < -0.39 is 0 Å². The molecule has 0 unspecified atom stereocenters. The van der Waals surface area contributed by atoms with Crippen molar-refractivity contribution in [1.29, 1.82) is 0 Å². The predicted octanol–water partition coefficient (Wildman–Crippen LogP) is 0.894. The van der Waals surface area contributed by atoms with Crippen molar-refractivity contribution in [1.82, 2.24) is 0 Å². The molecule has 0 spiro atoms. The minimum atomic E-state index is -0.0535. The lowest BCUT2D eigenvalue weighted by atomic mass is 10.2. The highest BCUT2D eigenvalue weighted by atomic mass is 16.3. The lowest BCUT2D eigenvalue weighted by Crippen LogP contribution is -2.22. The maximum Gasteiger partial charge on any atom is 0.211 e. The van der Waals surface area contributed by atoms with Crippen LogP contribution in [0.3, 0.4) is 0 Å². The van der Waals surface area contributed by atoms with Gasteiger partial charge in [-0.05, 0) is 26.8 Å². The van der Waals surface area contributed by atoms with Crippen molar-refractivity contribution in [2.75, 3.05) is 0 Å². The van der Waals surface area contributed by atoms with E-state index in [1.165, 1.54) is 0 Å². The number of hydrogen-bond donors (Lipinski definition) is 2. The molecule has 1 aromatic rings. The Balaban J connectivity index is 3.00. The summed E-state index contributed by atoms with van der Waals surface area (Å²) in [6.07, 6.45) is 0. The molecular formula is C9H14N4O. The zero-order valence-electron chi connectivity index (χ0n) is 8.53. The van der Waals surface area contributed by atoms with Gasteiger partial charge < -0.3 is 15.9 Å². The molecule has 5 heteroatoms. The van der Waals surface area contributed by atoms with E-state index in [0.29, 0.717) is 0 Å². The van der Waals surface area contributed by atoms with Crippen LogP contribution in [-0.2, 0) is 0 Å². The molecule has 4 N–H and O–H groups in total. The van der Waals surface area contributed by atoms with Gasteiger partial charge in [0.15, 0.2) is 0 Å². The molecule has 76 valence electrons. The van der Waals surface area contributed by atoms with Crippen molar-refractivity contribution < 1.29 is 4.42 Å². The lowest BCUT2D eigenvalue weighted by Gasteiger charge is -1.94. The standard InChI is InChI=1S/C9H14N4O/c1-5-4-8(7(3)14-5)6(2)12-13-9(10)11/h4H,1-3H3,(H4,10,11,13)/b12-6-. The van der Waals surface area contributed by atoms with E-state index in [0.717, 1.165) is 22.8 Å². The molecule has 0 aromatic carbocycles. The van der Waals surface area contributed by atoms with Crippen LogP contribution in [-0.4, -0.2) is 11.7 Å². The lowest BCUT2D eigenvalue weighted by molar-refractivity contribution is 0.504. The fourth-order valence-electron chi connectivity index (χ4n) is 1.18. The van der Waals surface area contributed by atoms with Gasteiger partial charge in [0, 0.05) is 5.56 Å². The Morgan fingerprint density at radius 1 is 1.29 bits per heavy atom. The average molecular weight is 194 g/mol. The quantitative estimate of drug-likeness (QED) is 0.416. The topological polar surface area (TPSA) is 89.9 Å². The summed E-state index contributed by atoms with van der Waals surface area (Å²) in [6, 6.07) is 1.90. The third-order valence-corrected chi connectivity index (χ3v) is 1.75. The molecule has 0 saturated heterocycles. The summed E-state index contributed by atoms with van der Waals surface area (Å²) in [5, 5.41) is 7.43. The number of rotatable bonds is 2. The Hall–Kier alpha value is -1.78. The van der Waals surface area contributed by atoms with E-state index in [9.17, 15) is 0 Å². The predicted molar refractivity (Wildman–Crippen MR) is 56.2 cm³/mol. The number of furan rings is 1. The maximum absolute atomic E-state index is 5.35. The largest absolute Gasteiger partial charge is 0.466 e. The first-order chi connectivity index (χ1) is 6.50. The van der Waals surface area contributed by atoms with Gasteiger partial charge in [0.25, 0.3) is 0 Å². The van der Waals surface area contributed by atoms with Crippen LogP contribution in [0.5, 0.6) is 0 Å². The van der Waals surface area contributed by atoms with E-state index in [1.54, 1.807) is 0 Å². The summed E-state index contributed by atoms with van der Waals surface area (Å²) < 4.78 is 5.35. The summed E-state index contributed by atoms with van der Waals surface area (Å²) in [5.74, 6) is 1.61.